The number of piperidine rings is 1. The van der Waals surface area contributed by atoms with Crippen LogP contribution in [0.4, 0.5) is 0 Å². The van der Waals surface area contributed by atoms with E-state index in [4.69, 9.17) is 9.72 Å². The summed E-state index contributed by atoms with van der Waals surface area (Å²) in [6, 6.07) is 12.4. The minimum Gasteiger partial charge on any atom is -0.377 e. The predicted molar refractivity (Wildman–Crippen MR) is 97.1 cm³/mol. The van der Waals surface area contributed by atoms with Gasteiger partial charge in [0.05, 0.1) is 22.7 Å². The number of rotatable bonds is 3. The van der Waals surface area contributed by atoms with Crippen LogP contribution in [0.2, 0.25) is 0 Å². The van der Waals surface area contributed by atoms with Crippen molar-refractivity contribution < 1.29 is 9.53 Å². The molecule has 1 amide bonds. The van der Waals surface area contributed by atoms with Gasteiger partial charge in [-0.15, -0.1) is 0 Å². The molecule has 2 aromatic rings. The number of carbonyl (C=O) groups excluding carboxylic acids is 1. The number of hydrogen-bond acceptors (Lipinski definition) is 4. The molecule has 0 radical (unpaired) electrons. The van der Waals surface area contributed by atoms with Gasteiger partial charge in [-0.3, -0.25) is 14.7 Å². The molecule has 0 spiro atoms. The standard InChI is InChI=1S/C20H25N3O2/c1-22(2)19(24)20-10-12-25-18(20)9-11-23(14-20)13-16-8-7-15-5-3-4-6-17(15)21-16/h3-8,18H,9-14H2,1-2H3/t18-,20-/m1/s1. The lowest BCUT2D eigenvalue weighted by Crippen LogP contribution is -2.56. The van der Waals surface area contributed by atoms with Gasteiger partial charge in [-0.25, -0.2) is 0 Å². The molecule has 3 heterocycles. The molecule has 0 aliphatic carbocycles. The average Bonchev–Trinajstić information content (AvgIpc) is 3.05. The molecule has 0 unspecified atom stereocenters. The Labute approximate surface area is 148 Å². The highest BCUT2D eigenvalue weighted by Crippen LogP contribution is 2.42. The van der Waals surface area contributed by atoms with E-state index < -0.39 is 5.41 Å². The summed E-state index contributed by atoms with van der Waals surface area (Å²) in [5, 5.41) is 1.16. The average molecular weight is 339 g/mol. The smallest absolute Gasteiger partial charge is 0.232 e. The van der Waals surface area contributed by atoms with E-state index in [9.17, 15) is 4.79 Å². The van der Waals surface area contributed by atoms with Crippen molar-refractivity contribution in [3.05, 3.63) is 42.1 Å². The Balaban J connectivity index is 1.55. The van der Waals surface area contributed by atoms with Crippen molar-refractivity contribution in [1.82, 2.24) is 14.8 Å². The number of amides is 1. The molecule has 0 saturated carbocycles. The van der Waals surface area contributed by atoms with Crippen molar-refractivity contribution in [2.45, 2.75) is 25.5 Å². The Kier molecular flexibility index (Phi) is 4.21. The highest BCUT2D eigenvalue weighted by Gasteiger charge is 2.53. The zero-order valence-electron chi connectivity index (χ0n) is 14.9. The Morgan fingerprint density at radius 2 is 2.16 bits per heavy atom. The molecular formula is C20H25N3O2. The fourth-order valence-electron chi connectivity index (χ4n) is 4.34. The number of ether oxygens (including phenoxy) is 1. The van der Waals surface area contributed by atoms with Gasteiger partial charge in [0.2, 0.25) is 5.91 Å². The fourth-order valence-corrected chi connectivity index (χ4v) is 4.34. The molecule has 2 atom stereocenters. The Bertz CT molecular complexity index is 791. The van der Waals surface area contributed by atoms with Crippen LogP contribution in [0.5, 0.6) is 0 Å². The lowest BCUT2D eigenvalue weighted by molar-refractivity contribution is -0.148. The molecule has 5 heteroatoms. The minimum absolute atomic E-state index is 0.0585. The molecular weight excluding hydrogens is 314 g/mol. The van der Waals surface area contributed by atoms with Crippen LogP contribution in [0.3, 0.4) is 0 Å². The van der Waals surface area contributed by atoms with E-state index in [2.05, 4.69) is 23.1 Å². The van der Waals surface area contributed by atoms with Gasteiger partial charge in [0.25, 0.3) is 0 Å². The van der Waals surface area contributed by atoms with Crippen LogP contribution in [0.1, 0.15) is 18.5 Å². The third-order valence-corrected chi connectivity index (χ3v) is 5.57. The second kappa shape index (κ2) is 6.39. The molecule has 1 aromatic heterocycles. The van der Waals surface area contributed by atoms with E-state index >= 15 is 0 Å². The Morgan fingerprint density at radius 3 is 3.00 bits per heavy atom. The maximum absolute atomic E-state index is 12.9. The molecule has 2 saturated heterocycles. The first-order chi connectivity index (χ1) is 12.1. The molecule has 132 valence electrons. The fraction of sp³-hybridized carbons (Fsp3) is 0.500. The zero-order chi connectivity index (χ0) is 17.4. The number of aromatic nitrogens is 1. The summed E-state index contributed by atoms with van der Waals surface area (Å²) < 4.78 is 5.90. The summed E-state index contributed by atoms with van der Waals surface area (Å²) in [6.45, 7) is 3.16. The molecule has 2 aliphatic heterocycles. The largest absolute Gasteiger partial charge is 0.377 e. The zero-order valence-corrected chi connectivity index (χ0v) is 14.9. The first kappa shape index (κ1) is 16.5. The van der Waals surface area contributed by atoms with Gasteiger partial charge in [0.15, 0.2) is 0 Å². The topological polar surface area (TPSA) is 45.7 Å². The van der Waals surface area contributed by atoms with Crippen LogP contribution >= 0.6 is 0 Å². The van der Waals surface area contributed by atoms with Gasteiger partial charge in [-0.1, -0.05) is 24.3 Å². The van der Waals surface area contributed by atoms with Gasteiger partial charge in [-0.05, 0) is 25.0 Å². The van der Waals surface area contributed by atoms with Gasteiger partial charge in [0, 0.05) is 45.7 Å². The van der Waals surface area contributed by atoms with Gasteiger partial charge in [-0.2, -0.15) is 0 Å². The molecule has 5 nitrogen and oxygen atoms in total. The Morgan fingerprint density at radius 1 is 1.32 bits per heavy atom. The third-order valence-electron chi connectivity index (χ3n) is 5.57. The first-order valence-corrected chi connectivity index (χ1v) is 8.99. The van der Waals surface area contributed by atoms with Crippen molar-refractivity contribution >= 4 is 16.8 Å². The normalized spacial score (nSPS) is 26.6. The maximum atomic E-state index is 12.9. The number of fused-ring (bicyclic) bond motifs is 2. The number of benzene rings is 1. The highest BCUT2D eigenvalue weighted by atomic mass is 16.5. The van der Waals surface area contributed by atoms with Gasteiger partial charge < -0.3 is 9.64 Å². The second-order valence-corrected chi connectivity index (χ2v) is 7.46. The Hall–Kier alpha value is -1.98. The molecule has 1 aromatic carbocycles. The monoisotopic (exact) mass is 339 g/mol. The van der Waals surface area contributed by atoms with Gasteiger partial charge in [0.1, 0.15) is 0 Å². The predicted octanol–water partition coefficient (Wildman–Crippen LogP) is 2.30. The number of nitrogens with zero attached hydrogens (tertiary/aromatic N) is 3. The maximum Gasteiger partial charge on any atom is 0.232 e. The number of carbonyl (C=O) groups is 1. The molecule has 0 bridgehead atoms. The number of pyridine rings is 1. The van der Waals surface area contributed by atoms with Crippen LogP contribution < -0.4 is 0 Å². The van der Waals surface area contributed by atoms with Gasteiger partial charge >= 0.3 is 0 Å². The van der Waals surface area contributed by atoms with Crippen LogP contribution in [0, 0.1) is 5.41 Å². The molecule has 0 N–H and O–H groups in total. The molecule has 25 heavy (non-hydrogen) atoms. The quantitative estimate of drug-likeness (QED) is 0.861. The van der Waals surface area contributed by atoms with Crippen LogP contribution in [-0.4, -0.2) is 60.6 Å². The third kappa shape index (κ3) is 2.92. The summed E-state index contributed by atoms with van der Waals surface area (Å²) >= 11 is 0. The van der Waals surface area contributed by atoms with E-state index in [0.29, 0.717) is 6.61 Å². The first-order valence-electron chi connectivity index (χ1n) is 8.99. The SMILES string of the molecule is CN(C)C(=O)[C@@]12CCO[C@@H]1CCN(Cc1ccc3ccccc3n1)C2. The van der Waals surface area contributed by atoms with Crippen molar-refractivity contribution in [2.75, 3.05) is 33.8 Å². The van der Waals surface area contributed by atoms with Crippen molar-refractivity contribution in [3.63, 3.8) is 0 Å². The summed E-state index contributed by atoms with van der Waals surface area (Å²) in [5.41, 5.74) is 1.69. The van der Waals surface area contributed by atoms with E-state index in [-0.39, 0.29) is 12.0 Å². The molecule has 4 rings (SSSR count). The minimum atomic E-state index is -0.390. The lowest BCUT2D eigenvalue weighted by atomic mass is 9.75. The van der Waals surface area contributed by atoms with E-state index in [1.165, 1.54) is 0 Å². The van der Waals surface area contributed by atoms with Crippen molar-refractivity contribution in [2.24, 2.45) is 5.41 Å². The second-order valence-electron chi connectivity index (χ2n) is 7.46. The van der Waals surface area contributed by atoms with Crippen molar-refractivity contribution in [3.8, 4) is 0 Å². The molecule has 2 fully saturated rings. The van der Waals surface area contributed by atoms with Crippen molar-refractivity contribution in [1.29, 1.82) is 0 Å². The summed E-state index contributed by atoms with van der Waals surface area (Å²) in [6.07, 6.45) is 1.78. The number of hydrogen-bond donors (Lipinski definition) is 0. The van der Waals surface area contributed by atoms with E-state index in [1.54, 1.807) is 4.90 Å². The van der Waals surface area contributed by atoms with Crippen LogP contribution in [0.15, 0.2) is 36.4 Å². The lowest BCUT2D eigenvalue weighted by Gasteiger charge is -2.43. The van der Waals surface area contributed by atoms with E-state index in [1.807, 2.05) is 32.3 Å². The highest BCUT2D eigenvalue weighted by molar-refractivity contribution is 5.84. The van der Waals surface area contributed by atoms with E-state index in [0.717, 1.165) is 49.1 Å². The summed E-state index contributed by atoms with van der Waals surface area (Å²) in [4.78, 5) is 21.8. The molecule has 2 aliphatic rings. The number of para-hydroxylation sites is 1. The summed E-state index contributed by atoms with van der Waals surface area (Å²) in [7, 11) is 3.69. The van der Waals surface area contributed by atoms with Crippen LogP contribution in [-0.2, 0) is 16.1 Å². The van der Waals surface area contributed by atoms with Crippen LogP contribution in [0.25, 0.3) is 10.9 Å². The summed E-state index contributed by atoms with van der Waals surface area (Å²) in [5.74, 6) is 0.200. The number of likely N-dealkylation sites (tertiary alicyclic amines) is 1.